The van der Waals surface area contributed by atoms with Crippen LogP contribution in [0.25, 0.3) is 0 Å². The van der Waals surface area contributed by atoms with E-state index < -0.39 is 15.2 Å². The van der Waals surface area contributed by atoms with Crippen molar-refractivity contribution >= 4 is 9.84 Å². The quantitative estimate of drug-likeness (QED) is 0.824. The molecule has 0 saturated carbocycles. The topological polar surface area (TPSA) is 46.2 Å². The second-order valence-corrected chi connectivity index (χ2v) is 6.53. The van der Waals surface area contributed by atoms with E-state index in [1.807, 2.05) is 0 Å². The van der Waals surface area contributed by atoms with Crippen molar-refractivity contribution in [2.24, 2.45) is 0 Å². The summed E-state index contributed by atoms with van der Waals surface area (Å²) in [6, 6.07) is 3.96. The normalized spacial score (nSPS) is 21.4. The molecule has 1 N–H and O–H groups in total. The van der Waals surface area contributed by atoms with Crippen LogP contribution in [-0.2, 0) is 9.84 Å². The van der Waals surface area contributed by atoms with E-state index >= 15 is 0 Å². The number of benzene rings is 1. The van der Waals surface area contributed by atoms with E-state index in [9.17, 15) is 12.8 Å². The number of sulfone groups is 1. The summed E-state index contributed by atoms with van der Waals surface area (Å²) >= 11 is 0. The first kappa shape index (κ1) is 12.5. The third-order valence-corrected chi connectivity index (χ3v) is 5.16. The lowest BCUT2D eigenvalue weighted by Crippen LogP contribution is -2.40. The molecule has 0 amide bonds. The first-order valence-electron chi connectivity index (χ1n) is 5.75. The lowest BCUT2D eigenvalue weighted by molar-refractivity contribution is 0.461. The van der Waals surface area contributed by atoms with Gasteiger partial charge in [0.05, 0.1) is 4.90 Å². The van der Waals surface area contributed by atoms with E-state index in [0.29, 0.717) is 12.0 Å². The maximum Gasteiger partial charge on any atom is 0.194 e. The fourth-order valence-corrected chi connectivity index (χ4v) is 3.78. The van der Waals surface area contributed by atoms with Gasteiger partial charge in [0, 0.05) is 0 Å². The number of piperidine rings is 1. The Morgan fingerprint density at radius 1 is 1.35 bits per heavy atom. The van der Waals surface area contributed by atoms with Gasteiger partial charge in [-0.15, -0.1) is 0 Å². The monoisotopic (exact) mass is 257 g/mol. The summed E-state index contributed by atoms with van der Waals surface area (Å²) in [7, 11) is -3.38. The van der Waals surface area contributed by atoms with Crippen molar-refractivity contribution < 1.29 is 12.8 Å². The Morgan fingerprint density at radius 3 is 2.71 bits per heavy atom. The van der Waals surface area contributed by atoms with Gasteiger partial charge in [-0.3, -0.25) is 0 Å². The SMILES string of the molecule is Cc1cc(S(=O)(=O)C2CCCCN2)ccc1F. The fourth-order valence-electron chi connectivity index (χ4n) is 2.04. The zero-order chi connectivity index (χ0) is 12.5. The van der Waals surface area contributed by atoms with Crippen LogP contribution in [0.1, 0.15) is 24.8 Å². The van der Waals surface area contributed by atoms with Crippen molar-refractivity contribution in [1.82, 2.24) is 5.32 Å². The number of hydrogen-bond acceptors (Lipinski definition) is 3. The molecule has 3 nitrogen and oxygen atoms in total. The minimum Gasteiger partial charge on any atom is -0.301 e. The van der Waals surface area contributed by atoms with Gasteiger partial charge in [-0.2, -0.15) is 0 Å². The lowest BCUT2D eigenvalue weighted by Gasteiger charge is -2.23. The fraction of sp³-hybridized carbons (Fsp3) is 0.500. The van der Waals surface area contributed by atoms with Crippen molar-refractivity contribution in [2.75, 3.05) is 6.54 Å². The predicted molar refractivity (Wildman–Crippen MR) is 64.0 cm³/mol. The molecule has 1 aliphatic rings. The maximum absolute atomic E-state index is 13.1. The Labute approximate surface area is 101 Å². The highest BCUT2D eigenvalue weighted by atomic mass is 32.2. The number of rotatable bonds is 2. The third-order valence-electron chi connectivity index (χ3n) is 3.10. The number of aryl methyl sites for hydroxylation is 1. The minimum atomic E-state index is -3.38. The molecule has 94 valence electrons. The summed E-state index contributed by atoms with van der Waals surface area (Å²) in [4.78, 5) is 0.204. The van der Waals surface area contributed by atoms with Crippen LogP contribution in [0.5, 0.6) is 0 Å². The highest BCUT2D eigenvalue weighted by Gasteiger charge is 2.28. The molecule has 17 heavy (non-hydrogen) atoms. The van der Waals surface area contributed by atoms with Crippen molar-refractivity contribution in [3.05, 3.63) is 29.6 Å². The Hall–Kier alpha value is -0.940. The molecular formula is C12H16FNO2S. The Bertz CT molecular complexity index is 507. The van der Waals surface area contributed by atoms with E-state index in [-0.39, 0.29) is 10.7 Å². The summed E-state index contributed by atoms with van der Waals surface area (Å²) in [5, 5.41) is 2.48. The molecule has 1 atom stereocenters. The summed E-state index contributed by atoms with van der Waals surface area (Å²) in [5.41, 5.74) is 0.363. The van der Waals surface area contributed by atoms with Gasteiger partial charge in [0.1, 0.15) is 11.2 Å². The van der Waals surface area contributed by atoms with Crippen LogP contribution < -0.4 is 5.32 Å². The molecule has 1 aromatic rings. The molecule has 0 aromatic heterocycles. The van der Waals surface area contributed by atoms with Crippen LogP contribution in [0.3, 0.4) is 0 Å². The van der Waals surface area contributed by atoms with Gasteiger partial charge in [-0.1, -0.05) is 0 Å². The van der Waals surface area contributed by atoms with Gasteiger partial charge in [-0.05, 0) is 56.5 Å². The van der Waals surface area contributed by atoms with Gasteiger partial charge < -0.3 is 5.32 Å². The molecule has 5 heteroatoms. The van der Waals surface area contributed by atoms with E-state index in [0.717, 1.165) is 19.4 Å². The van der Waals surface area contributed by atoms with Crippen molar-refractivity contribution in [3.8, 4) is 0 Å². The standard InChI is InChI=1S/C12H16FNO2S/c1-9-8-10(5-6-11(9)13)17(15,16)12-4-2-3-7-14-12/h5-6,8,12,14H,2-4,7H2,1H3. The zero-order valence-electron chi connectivity index (χ0n) is 9.74. The molecule has 1 fully saturated rings. The second-order valence-electron chi connectivity index (χ2n) is 4.39. The molecular weight excluding hydrogens is 241 g/mol. The van der Waals surface area contributed by atoms with Crippen LogP contribution in [-0.4, -0.2) is 20.3 Å². The van der Waals surface area contributed by atoms with E-state index in [1.54, 1.807) is 6.92 Å². The summed E-state index contributed by atoms with van der Waals surface area (Å²) in [6.45, 7) is 2.30. The molecule has 0 aliphatic carbocycles. The largest absolute Gasteiger partial charge is 0.301 e. The van der Waals surface area contributed by atoms with Crippen LogP contribution in [0.4, 0.5) is 4.39 Å². The Morgan fingerprint density at radius 2 is 2.12 bits per heavy atom. The molecule has 0 radical (unpaired) electrons. The van der Waals surface area contributed by atoms with Crippen LogP contribution >= 0.6 is 0 Å². The van der Waals surface area contributed by atoms with Gasteiger partial charge in [-0.25, -0.2) is 12.8 Å². The molecule has 1 heterocycles. The average Bonchev–Trinajstić information content (AvgIpc) is 2.33. The van der Waals surface area contributed by atoms with Gasteiger partial charge in [0.25, 0.3) is 0 Å². The Balaban J connectivity index is 2.33. The van der Waals surface area contributed by atoms with Crippen LogP contribution in [0.15, 0.2) is 23.1 Å². The summed E-state index contributed by atoms with van der Waals surface area (Å²) in [6.07, 6.45) is 2.55. The molecule has 0 spiro atoms. The molecule has 2 rings (SSSR count). The molecule has 1 aromatic carbocycles. The minimum absolute atomic E-state index is 0.204. The van der Waals surface area contributed by atoms with E-state index in [4.69, 9.17) is 0 Å². The molecule has 0 bridgehead atoms. The van der Waals surface area contributed by atoms with Crippen LogP contribution in [0, 0.1) is 12.7 Å². The van der Waals surface area contributed by atoms with Crippen molar-refractivity contribution in [2.45, 2.75) is 36.5 Å². The van der Waals surface area contributed by atoms with Gasteiger partial charge >= 0.3 is 0 Å². The van der Waals surface area contributed by atoms with Crippen molar-refractivity contribution in [1.29, 1.82) is 0 Å². The number of nitrogens with one attached hydrogen (secondary N) is 1. The first-order valence-corrected chi connectivity index (χ1v) is 7.30. The van der Waals surface area contributed by atoms with E-state index in [1.165, 1.54) is 18.2 Å². The third kappa shape index (κ3) is 2.50. The number of halogens is 1. The predicted octanol–water partition coefficient (Wildman–Crippen LogP) is 2.01. The molecule has 1 aliphatic heterocycles. The highest BCUT2D eigenvalue weighted by molar-refractivity contribution is 7.92. The first-order chi connectivity index (χ1) is 8.01. The summed E-state index contributed by atoms with van der Waals surface area (Å²) in [5.74, 6) is -0.374. The number of hydrogen-bond donors (Lipinski definition) is 1. The van der Waals surface area contributed by atoms with Crippen LogP contribution in [0.2, 0.25) is 0 Å². The maximum atomic E-state index is 13.1. The van der Waals surface area contributed by atoms with Gasteiger partial charge in [0.15, 0.2) is 9.84 Å². The second kappa shape index (κ2) is 4.74. The smallest absolute Gasteiger partial charge is 0.194 e. The van der Waals surface area contributed by atoms with Crippen molar-refractivity contribution in [3.63, 3.8) is 0 Å². The molecule has 1 saturated heterocycles. The van der Waals surface area contributed by atoms with E-state index in [2.05, 4.69) is 5.32 Å². The summed E-state index contributed by atoms with van der Waals surface area (Å²) < 4.78 is 37.7. The molecule has 1 unspecified atom stereocenters. The average molecular weight is 257 g/mol. The van der Waals surface area contributed by atoms with Gasteiger partial charge in [0.2, 0.25) is 0 Å². The zero-order valence-corrected chi connectivity index (χ0v) is 10.6. The lowest BCUT2D eigenvalue weighted by atomic mass is 10.2. The highest BCUT2D eigenvalue weighted by Crippen LogP contribution is 2.22. The Kier molecular flexibility index (Phi) is 3.49.